The largest absolute Gasteiger partial charge is 0.331 e. The van der Waals surface area contributed by atoms with Gasteiger partial charge in [-0.1, -0.05) is 12.1 Å². The Bertz CT molecular complexity index is 746. The van der Waals surface area contributed by atoms with Crippen LogP contribution in [0.25, 0.3) is 0 Å². The summed E-state index contributed by atoms with van der Waals surface area (Å²) >= 11 is 6.81. The molecule has 23 heavy (non-hydrogen) atoms. The number of carbonyl (C=O) groups excluding carboxylic acids is 1. The van der Waals surface area contributed by atoms with Gasteiger partial charge in [-0.25, -0.2) is 0 Å². The maximum atomic E-state index is 12.2. The van der Waals surface area contributed by atoms with E-state index >= 15 is 0 Å². The molecule has 3 rings (SSSR count). The lowest BCUT2D eigenvalue weighted by molar-refractivity contribution is 0.0948. The monoisotopic (exact) mass is 345 g/mol. The van der Waals surface area contributed by atoms with Crippen LogP contribution in [0.5, 0.6) is 0 Å². The lowest BCUT2D eigenvalue weighted by atomic mass is 10.1. The van der Waals surface area contributed by atoms with Crippen molar-refractivity contribution < 1.29 is 4.79 Å². The fourth-order valence-electron chi connectivity index (χ4n) is 2.64. The van der Waals surface area contributed by atoms with Crippen LogP contribution in [0.1, 0.15) is 37.7 Å². The van der Waals surface area contributed by atoms with Crippen LogP contribution in [0.4, 0.5) is 5.69 Å². The van der Waals surface area contributed by atoms with E-state index in [1.807, 2.05) is 32.0 Å². The van der Waals surface area contributed by atoms with Gasteiger partial charge in [0.05, 0.1) is 4.88 Å². The molecule has 0 spiro atoms. The normalized spacial score (nSPS) is 12.6. The van der Waals surface area contributed by atoms with Crippen LogP contribution >= 0.6 is 23.6 Å². The van der Waals surface area contributed by atoms with Crippen molar-refractivity contribution in [3.8, 4) is 0 Å². The van der Waals surface area contributed by atoms with Crippen LogP contribution in [0, 0.1) is 13.8 Å². The first kappa shape index (κ1) is 16.0. The average Bonchev–Trinajstić information content (AvgIpc) is 3.10. The number of thiophene rings is 1. The van der Waals surface area contributed by atoms with Crippen molar-refractivity contribution >= 4 is 40.3 Å². The highest BCUT2D eigenvalue weighted by Gasteiger charge is 2.18. The number of aryl methyl sites for hydroxylation is 4. The second-order valence-electron chi connectivity index (χ2n) is 5.76. The molecule has 0 fully saturated rings. The molecule has 1 amide bonds. The smallest absolute Gasteiger partial charge is 0.279 e. The van der Waals surface area contributed by atoms with Crippen molar-refractivity contribution in [2.75, 3.05) is 5.32 Å². The van der Waals surface area contributed by atoms with E-state index < -0.39 is 0 Å². The predicted octanol–water partition coefficient (Wildman–Crippen LogP) is 3.49. The van der Waals surface area contributed by atoms with E-state index in [1.54, 1.807) is 11.3 Å². The van der Waals surface area contributed by atoms with Crippen molar-refractivity contribution in [1.82, 2.24) is 10.9 Å². The number of rotatable bonds is 2. The molecule has 6 heteroatoms. The molecular formula is C17H19N3OS2. The van der Waals surface area contributed by atoms with E-state index in [0.717, 1.165) is 34.5 Å². The fourth-order valence-corrected chi connectivity index (χ4v) is 3.95. The summed E-state index contributed by atoms with van der Waals surface area (Å²) in [5.74, 6) is -0.144. The van der Waals surface area contributed by atoms with Gasteiger partial charge in [-0.2, -0.15) is 0 Å². The quantitative estimate of drug-likeness (QED) is 0.576. The van der Waals surface area contributed by atoms with E-state index in [-0.39, 0.29) is 5.91 Å². The van der Waals surface area contributed by atoms with Gasteiger partial charge in [-0.05, 0) is 74.2 Å². The summed E-state index contributed by atoms with van der Waals surface area (Å²) in [7, 11) is 0. The third-order valence-electron chi connectivity index (χ3n) is 3.90. The molecule has 0 bridgehead atoms. The van der Waals surface area contributed by atoms with Gasteiger partial charge in [-0.15, -0.1) is 11.3 Å². The first-order chi connectivity index (χ1) is 11.0. The summed E-state index contributed by atoms with van der Waals surface area (Å²) in [6.45, 7) is 4.04. The number of thiocarbonyl (C=S) groups is 1. The second-order valence-corrected chi connectivity index (χ2v) is 7.31. The maximum Gasteiger partial charge on any atom is 0.279 e. The number of fused-ring (bicyclic) bond motifs is 1. The zero-order valence-electron chi connectivity index (χ0n) is 13.2. The molecule has 0 unspecified atom stereocenters. The van der Waals surface area contributed by atoms with Gasteiger partial charge in [0.2, 0.25) is 0 Å². The molecule has 0 saturated carbocycles. The molecule has 0 radical (unpaired) electrons. The Hall–Kier alpha value is -1.92. The number of carbonyl (C=O) groups is 1. The van der Waals surface area contributed by atoms with Crippen molar-refractivity contribution in [2.45, 2.75) is 33.1 Å². The Morgan fingerprint density at radius 2 is 2.00 bits per heavy atom. The topological polar surface area (TPSA) is 53.2 Å². The molecule has 3 N–H and O–H groups in total. The highest BCUT2D eigenvalue weighted by Crippen LogP contribution is 2.30. The van der Waals surface area contributed by atoms with E-state index in [0.29, 0.717) is 5.11 Å². The molecule has 120 valence electrons. The van der Waals surface area contributed by atoms with E-state index in [4.69, 9.17) is 12.2 Å². The molecule has 2 aromatic rings. The van der Waals surface area contributed by atoms with Gasteiger partial charge >= 0.3 is 0 Å². The van der Waals surface area contributed by atoms with Gasteiger partial charge in [0.25, 0.3) is 5.91 Å². The number of amides is 1. The zero-order chi connectivity index (χ0) is 16.4. The lowest BCUT2D eigenvalue weighted by Gasteiger charge is -2.13. The third kappa shape index (κ3) is 3.71. The van der Waals surface area contributed by atoms with Crippen LogP contribution in [0.15, 0.2) is 24.3 Å². The van der Waals surface area contributed by atoms with Gasteiger partial charge in [0, 0.05) is 10.6 Å². The van der Waals surface area contributed by atoms with Crippen molar-refractivity contribution in [2.24, 2.45) is 0 Å². The van der Waals surface area contributed by atoms with Crippen LogP contribution < -0.4 is 16.2 Å². The van der Waals surface area contributed by atoms with Crippen molar-refractivity contribution in [1.29, 1.82) is 0 Å². The Kier molecular flexibility index (Phi) is 4.63. The van der Waals surface area contributed by atoms with Crippen molar-refractivity contribution in [3.05, 3.63) is 50.7 Å². The van der Waals surface area contributed by atoms with Gasteiger partial charge in [0.15, 0.2) is 5.11 Å². The van der Waals surface area contributed by atoms with Crippen LogP contribution in [0.2, 0.25) is 0 Å². The number of hydrogen-bond acceptors (Lipinski definition) is 3. The Morgan fingerprint density at radius 3 is 2.78 bits per heavy atom. The summed E-state index contributed by atoms with van der Waals surface area (Å²) in [6.07, 6.45) is 3.37. The number of hydrazine groups is 1. The molecule has 0 saturated heterocycles. The minimum absolute atomic E-state index is 0.144. The minimum atomic E-state index is -0.144. The summed E-state index contributed by atoms with van der Waals surface area (Å²) in [4.78, 5) is 14.2. The van der Waals surface area contributed by atoms with Crippen LogP contribution in [-0.4, -0.2) is 11.0 Å². The maximum absolute atomic E-state index is 12.2. The fraction of sp³-hybridized carbons (Fsp3) is 0.294. The summed E-state index contributed by atoms with van der Waals surface area (Å²) in [6, 6.07) is 8.10. The Labute approximate surface area is 145 Å². The SMILES string of the molecule is Cc1ccc(C)c(NC(=S)NNC(=O)c2cc3c(s2)CCC3)c1. The second kappa shape index (κ2) is 6.68. The predicted molar refractivity (Wildman–Crippen MR) is 99.1 cm³/mol. The molecule has 1 heterocycles. The summed E-state index contributed by atoms with van der Waals surface area (Å²) < 4.78 is 0. The standard InChI is InChI=1S/C17H19N3OS2/c1-10-6-7-11(2)13(8-10)18-17(22)20-19-16(21)15-9-12-4-3-5-14(12)23-15/h6-9H,3-5H2,1-2H3,(H,19,21)(H2,18,20,22). The first-order valence-corrected chi connectivity index (χ1v) is 8.81. The Balaban J connectivity index is 1.56. The molecule has 1 aliphatic rings. The number of nitrogens with one attached hydrogen (secondary N) is 3. The first-order valence-electron chi connectivity index (χ1n) is 7.59. The molecule has 0 aliphatic heterocycles. The molecule has 1 aliphatic carbocycles. The van der Waals surface area contributed by atoms with Crippen LogP contribution in [0.3, 0.4) is 0 Å². The van der Waals surface area contributed by atoms with Gasteiger partial charge in [-0.3, -0.25) is 15.6 Å². The number of hydrogen-bond donors (Lipinski definition) is 3. The number of anilines is 1. The van der Waals surface area contributed by atoms with Gasteiger partial charge in [0.1, 0.15) is 0 Å². The molecule has 1 aromatic carbocycles. The number of benzene rings is 1. The molecule has 4 nitrogen and oxygen atoms in total. The Morgan fingerprint density at radius 1 is 1.17 bits per heavy atom. The molecule has 0 atom stereocenters. The lowest BCUT2D eigenvalue weighted by Crippen LogP contribution is -2.43. The van der Waals surface area contributed by atoms with E-state index in [1.165, 1.54) is 16.9 Å². The molecule has 1 aromatic heterocycles. The van der Waals surface area contributed by atoms with Gasteiger partial charge < -0.3 is 5.32 Å². The third-order valence-corrected chi connectivity index (χ3v) is 5.34. The summed E-state index contributed by atoms with van der Waals surface area (Å²) in [5, 5.41) is 3.48. The minimum Gasteiger partial charge on any atom is -0.331 e. The van der Waals surface area contributed by atoms with E-state index in [2.05, 4.69) is 22.2 Å². The molecular weight excluding hydrogens is 326 g/mol. The average molecular weight is 345 g/mol. The summed E-state index contributed by atoms with van der Waals surface area (Å²) in [5.41, 5.74) is 9.93. The zero-order valence-corrected chi connectivity index (χ0v) is 14.8. The highest BCUT2D eigenvalue weighted by atomic mass is 32.1. The van der Waals surface area contributed by atoms with Crippen LogP contribution in [-0.2, 0) is 12.8 Å². The van der Waals surface area contributed by atoms with Crippen molar-refractivity contribution in [3.63, 3.8) is 0 Å². The van der Waals surface area contributed by atoms with E-state index in [9.17, 15) is 4.79 Å². The highest BCUT2D eigenvalue weighted by molar-refractivity contribution is 7.80.